The molecule has 0 aromatic carbocycles. The summed E-state index contributed by atoms with van der Waals surface area (Å²) in [6.45, 7) is 5.81. The van der Waals surface area contributed by atoms with Gasteiger partial charge in [-0.3, -0.25) is 0 Å². The highest BCUT2D eigenvalue weighted by Crippen LogP contribution is 2.23. The summed E-state index contributed by atoms with van der Waals surface area (Å²) in [4.78, 5) is 6.61. The maximum atomic E-state index is 6.03. The average molecular weight is 291 g/mol. The molecule has 1 aromatic rings. The lowest BCUT2D eigenvalue weighted by molar-refractivity contribution is 0.203. The van der Waals surface area contributed by atoms with Crippen molar-refractivity contribution in [2.45, 2.75) is 32.2 Å². The number of hydrogen-bond acceptors (Lipinski definition) is 3. The van der Waals surface area contributed by atoms with Crippen molar-refractivity contribution in [3.05, 3.63) is 22.8 Å². The monoisotopic (exact) mass is 290 g/mol. The zero-order valence-electron chi connectivity index (χ0n) is 11.1. The predicted octanol–water partition coefficient (Wildman–Crippen LogP) is 3.73. The van der Waals surface area contributed by atoms with Gasteiger partial charge < -0.3 is 9.64 Å². The molecule has 0 N–H and O–H groups in total. The maximum Gasteiger partial charge on any atom is 0.129 e. The highest BCUT2D eigenvalue weighted by atomic mass is 35.5. The molecule has 18 heavy (non-hydrogen) atoms. The van der Waals surface area contributed by atoms with Crippen LogP contribution in [0.4, 0.5) is 5.82 Å². The lowest BCUT2D eigenvalue weighted by atomic mass is 10.2. The Labute approximate surface area is 119 Å². The molecule has 0 amide bonds. The van der Waals surface area contributed by atoms with Crippen LogP contribution in [0.5, 0.6) is 0 Å². The molecular formula is C13H20Cl2N2O. The van der Waals surface area contributed by atoms with Crippen LogP contribution in [0.1, 0.15) is 25.8 Å². The summed E-state index contributed by atoms with van der Waals surface area (Å²) in [5, 5.41) is 0.615. The third-order valence-corrected chi connectivity index (χ3v) is 3.65. The molecule has 1 unspecified atom stereocenters. The molecule has 0 saturated heterocycles. The molecule has 1 aromatic heterocycles. The van der Waals surface area contributed by atoms with E-state index in [9.17, 15) is 0 Å². The van der Waals surface area contributed by atoms with E-state index in [1.165, 1.54) is 0 Å². The van der Waals surface area contributed by atoms with Gasteiger partial charge in [-0.25, -0.2) is 4.98 Å². The van der Waals surface area contributed by atoms with Gasteiger partial charge in [0.1, 0.15) is 5.82 Å². The van der Waals surface area contributed by atoms with Gasteiger partial charge in [-0.15, -0.1) is 11.6 Å². The van der Waals surface area contributed by atoms with Crippen molar-refractivity contribution in [1.82, 2.24) is 4.98 Å². The van der Waals surface area contributed by atoms with Crippen LogP contribution < -0.4 is 4.90 Å². The number of pyridine rings is 1. The van der Waals surface area contributed by atoms with Crippen molar-refractivity contribution < 1.29 is 4.74 Å². The SMILES string of the molecule is CCC(C)N(CCOC)c1cc(CCl)c(Cl)cn1. The van der Waals surface area contributed by atoms with Crippen LogP contribution in [-0.2, 0) is 10.6 Å². The first-order valence-corrected chi connectivity index (χ1v) is 7.01. The lowest BCUT2D eigenvalue weighted by Crippen LogP contribution is -2.36. The van der Waals surface area contributed by atoms with Gasteiger partial charge in [-0.2, -0.15) is 0 Å². The zero-order chi connectivity index (χ0) is 13.5. The van der Waals surface area contributed by atoms with Gasteiger partial charge in [0.2, 0.25) is 0 Å². The van der Waals surface area contributed by atoms with Gasteiger partial charge in [0.15, 0.2) is 0 Å². The number of anilines is 1. The lowest BCUT2D eigenvalue weighted by Gasteiger charge is -2.29. The summed E-state index contributed by atoms with van der Waals surface area (Å²) in [5.74, 6) is 1.30. The first-order valence-electron chi connectivity index (χ1n) is 6.10. The van der Waals surface area contributed by atoms with E-state index in [2.05, 4.69) is 23.7 Å². The second-order valence-corrected chi connectivity index (χ2v) is 4.89. The molecule has 0 radical (unpaired) electrons. The minimum atomic E-state index is 0.396. The molecular weight excluding hydrogens is 271 g/mol. The van der Waals surface area contributed by atoms with Gasteiger partial charge in [-0.05, 0) is 25.0 Å². The van der Waals surface area contributed by atoms with E-state index in [4.69, 9.17) is 27.9 Å². The molecule has 0 aliphatic rings. The highest BCUT2D eigenvalue weighted by molar-refractivity contribution is 6.32. The molecule has 0 spiro atoms. The number of nitrogens with zero attached hydrogens (tertiary/aromatic N) is 2. The maximum absolute atomic E-state index is 6.03. The van der Waals surface area contributed by atoms with E-state index in [0.29, 0.717) is 23.6 Å². The summed E-state index contributed by atoms with van der Waals surface area (Å²) in [6.07, 6.45) is 2.71. The summed E-state index contributed by atoms with van der Waals surface area (Å²) in [5.41, 5.74) is 0.911. The Morgan fingerprint density at radius 1 is 1.50 bits per heavy atom. The smallest absolute Gasteiger partial charge is 0.129 e. The quantitative estimate of drug-likeness (QED) is 0.716. The second-order valence-electron chi connectivity index (χ2n) is 4.21. The van der Waals surface area contributed by atoms with Gasteiger partial charge in [0.25, 0.3) is 0 Å². The number of alkyl halides is 1. The number of ether oxygens (including phenoxy) is 1. The fourth-order valence-electron chi connectivity index (χ4n) is 1.70. The molecule has 1 heterocycles. The predicted molar refractivity (Wildman–Crippen MR) is 77.8 cm³/mol. The van der Waals surface area contributed by atoms with Gasteiger partial charge >= 0.3 is 0 Å². The highest BCUT2D eigenvalue weighted by Gasteiger charge is 2.15. The van der Waals surface area contributed by atoms with Crippen LogP contribution >= 0.6 is 23.2 Å². The Hall–Kier alpha value is -0.510. The van der Waals surface area contributed by atoms with Crippen molar-refractivity contribution in [2.75, 3.05) is 25.2 Å². The van der Waals surface area contributed by atoms with Crippen LogP contribution in [0.15, 0.2) is 12.3 Å². The van der Waals surface area contributed by atoms with E-state index >= 15 is 0 Å². The van der Waals surface area contributed by atoms with Crippen LogP contribution in [0.3, 0.4) is 0 Å². The minimum Gasteiger partial charge on any atom is -0.383 e. The Morgan fingerprint density at radius 3 is 2.78 bits per heavy atom. The molecule has 0 aliphatic heterocycles. The summed E-state index contributed by atoms with van der Waals surface area (Å²) in [6, 6.07) is 2.36. The molecule has 0 saturated carbocycles. The minimum absolute atomic E-state index is 0.396. The Bertz CT molecular complexity index is 374. The van der Waals surface area contributed by atoms with E-state index in [-0.39, 0.29) is 0 Å². The van der Waals surface area contributed by atoms with E-state index in [1.807, 2.05) is 6.07 Å². The van der Waals surface area contributed by atoms with Crippen molar-refractivity contribution >= 4 is 29.0 Å². The fraction of sp³-hybridized carbons (Fsp3) is 0.615. The molecule has 0 fully saturated rings. The van der Waals surface area contributed by atoms with E-state index in [1.54, 1.807) is 13.3 Å². The molecule has 102 valence electrons. The number of rotatable bonds is 7. The van der Waals surface area contributed by atoms with E-state index in [0.717, 1.165) is 24.3 Å². The standard InChI is InChI=1S/C13H20Cl2N2O/c1-4-10(2)17(5-6-18-3)13-7-11(8-14)12(15)9-16-13/h7,9-10H,4-6,8H2,1-3H3. The van der Waals surface area contributed by atoms with Crippen molar-refractivity contribution in [3.8, 4) is 0 Å². The zero-order valence-corrected chi connectivity index (χ0v) is 12.6. The molecule has 1 rings (SSSR count). The number of hydrogen-bond donors (Lipinski definition) is 0. The van der Waals surface area contributed by atoms with Crippen LogP contribution in [0, 0.1) is 0 Å². The van der Waals surface area contributed by atoms with Crippen molar-refractivity contribution in [2.24, 2.45) is 0 Å². The number of aromatic nitrogens is 1. The van der Waals surface area contributed by atoms with Gasteiger partial charge in [0, 0.05) is 31.8 Å². The van der Waals surface area contributed by atoms with Crippen LogP contribution in [-0.4, -0.2) is 31.3 Å². The Kier molecular flexibility index (Phi) is 6.76. The number of methoxy groups -OCH3 is 1. The van der Waals surface area contributed by atoms with Crippen molar-refractivity contribution in [3.63, 3.8) is 0 Å². The largest absolute Gasteiger partial charge is 0.383 e. The first kappa shape index (κ1) is 15.5. The van der Waals surface area contributed by atoms with E-state index < -0.39 is 0 Å². The third-order valence-electron chi connectivity index (χ3n) is 3.02. The van der Waals surface area contributed by atoms with Gasteiger partial charge in [0.05, 0.1) is 11.6 Å². The average Bonchev–Trinajstić information content (AvgIpc) is 2.40. The number of halogens is 2. The third kappa shape index (κ3) is 4.01. The Morgan fingerprint density at radius 2 is 2.22 bits per heavy atom. The van der Waals surface area contributed by atoms with Gasteiger partial charge in [-0.1, -0.05) is 18.5 Å². The Balaban J connectivity index is 2.96. The molecule has 5 heteroatoms. The molecule has 1 atom stereocenters. The normalized spacial score (nSPS) is 12.5. The molecule has 3 nitrogen and oxygen atoms in total. The topological polar surface area (TPSA) is 25.4 Å². The van der Waals surface area contributed by atoms with Crippen molar-refractivity contribution in [1.29, 1.82) is 0 Å². The summed E-state index contributed by atoms with van der Waals surface area (Å²) >= 11 is 11.9. The van der Waals surface area contributed by atoms with Crippen LogP contribution in [0.2, 0.25) is 5.02 Å². The summed E-state index contributed by atoms with van der Waals surface area (Å²) < 4.78 is 5.15. The fourth-order valence-corrected chi connectivity index (χ4v) is 2.16. The molecule has 0 aliphatic carbocycles. The van der Waals surface area contributed by atoms with Crippen LogP contribution in [0.25, 0.3) is 0 Å². The summed E-state index contributed by atoms with van der Waals surface area (Å²) in [7, 11) is 1.70. The second kappa shape index (κ2) is 7.82. The first-order chi connectivity index (χ1) is 8.63. The molecule has 0 bridgehead atoms.